The van der Waals surface area contributed by atoms with Crippen LogP contribution in [0.3, 0.4) is 0 Å². The Labute approximate surface area is 245 Å². The quantitative estimate of drug-likeness (QED) is 0.169. The number of hydrogen-bond acceptors (Lipinski definition) is 6. The van der Waals surface area contributed by atoms with Crippen molar-refractivity contribution in [2.75, 3.05) is 13.2 Å². The highest BCUT2D eigenvalue weighted by atomic mass is 19.4. The lowest BCUT2D eigenvalue weighted by Gasteiger charge is -2.40. The number of aromatic amines is 1. The second-order valence-corrected chi connectivity index (χ2v) is 10.6. The largest absolute Gasteiger partial charge is 0.490 e. The summed E-state index contributed by atoms with van der Waals surface area (Å²) in [5, 5.41) is 28.4. The summed E-state index contributed by atoms with van der Waals surface area (Å²) >= 11 is 0. The molecule has 43 heavy (non-hydrogen) atoms. The number of H-pyrrole nitrogens is 1. The third-order valence-corrected chi connectivity index (χ3v) is 7.65. The Bertz CT molecular complexity index is 1670. The molecule has 3 aromatic heterocycles. The third-order valence-electron chi connectivity index (χ3n) is 7.65. The molecule has 0 unspecified atom stereocenters. The van der Waals surface area contributed by atoms with Crippen LogP contribution >= 0.6 is 0 Å². The molecule has 1 fully saturated rings. The van der Waals surface area contributed by atoms with Gasteiger partial charge < -0.3 is 15.5 Å². The van der Waals surface area contributed by atoms with Gasteiger partial charge >= 0.3 is 12.1 Å². The van der Waals surface area contributed by atoms with E-state index in [1.54, 1.807) is 12.4 Å². The number of halogens is 3. The van der Waals surface area contributed by atoms with E-state index in [9.17, 15) is 18.3 Å². The maximum Gasteiger partial charge on any atom is 0.490 e. The third kappa shape index (κ3) is 6.90. The van der Waals surface area contributed by atoms with Gasteiger partial charge in [-0.3, -0.25) is 10.1 Å². The lowest BCUT2D eigenvalue weighted by Crippen LogP contribution is -2.42. The minimum atomic E-state index is -5.08. The predicted molar refractivity (Wildman–Crippen MR) is 157 cm³/mol. The number of aliphatic hydroxyl groups excluding tert-OH is 1. The highest BCUT2D eigenvalue weighted by molar-refractivity contribution is 5.98. The minimum absolute atomic E-state index is 0.0870. The number of nitrogens with one attached hydrogen (secondary N) is 2. The van der Waals surface area contributed by atoms with Gasteiger partial charge in [0.25, 0.3) is 0 Å². The van der Waals surface area contributed by atoms with Gasteiger partial charge in [0.15, 0.2) is 0 Å². The minimum Gasteiger partial charge on any atom is -0.475 e. The molecule has 0 saturated heterocycles. The molecule has 0 aliphatic heterocycles. The molecule has 5 aromatic rings. The summed E-state index contributed by atoms with van der Waals surface area (Å²) in [6.45, 7) is 1.92. The monoisotopic (exact) mass is 589 g/mol. The fraction of sp³-hybridized carbons (Fsp3) is 0.250. The van der Waals surface area contributed by atoms with Gasteiger partial charge in [-0.25, -0.2) is 9.78 Å². The van der Waals surface area contributed by atoms with Crippen molar-refractivity contribution >= 4 is 16.9 Å². The van der Waals surface area contributed by atoms with Gasteiger partial charge in [0.2, 0.25) is 0 Å². The summed E-state index contributed by atoms with van der Waals surface area (Å²) in [4.78, 5) is 18.7. The summed E-state index contributed by atoms with van der Waals surface area (Å²) < 4.78 is 31.7. The van der Waals surface area contributed by atoms with Crippen LogP contribution in [0.5, 0.6) is 0 Å². The molecule has 222 valence electrons. The van der Waals surface area contributed by atoms with Crippen molar-refractivity contribution in [2.24, 2.45) is 5.41 Å². The van der Waals surface area contributed by atoms with E-state index in [4.69, 9.17) is 14.9 Å². The van der Waals surface area contributed by atoms with Gasteiger partial charge in [-0.1, -0.05) is 61.0 Å². The first-order valence-corrected chi connectivity index (χ1v) is 13.7. The number of benzene rings is 2. The van der Waals surface area contributed by atoms with Crippen LogP contribution in [-0.4, -0.2) is 55.7 Å². The fourth-order valence-electron chi connectivity index (χ4n) is 5.08. The number of aliphatic hydroxyl groups is 1. The number of aliphatic carboxylic acids is 1. The van der Waals surface area contributed by atoms with Gasteiger partial charge in [-0.15, -0.1) is 0 Å². The molecular weight excluding hydrogens is 559 g/mol. The number of carbonyl (C=O) groups is 1. The van der Waals surface area contributed by atoms with Crippen LogP contribution in [0.1, 0.15) is 24.8 Å². The molecule has 4 N–H and O–H groups in total. The number of aromatic nitrogens is 4. The Morgan fingerprint density at radius 3 is 2.28 bits per heavy atom. The van der Waals surface area contributed by atoms with Crippen molar-refractivity contribution < 1.29 is 28.2 Å². The first-order valence-electron chi connectivity index (χ1n) is 13.7. The topological polar surface area (TPSA) is 124 Å². The molecule has 3 heterocycles. The van der Waals surface area contributed by atoms with Crippen LogP contribution in [0.25, 0.3) is 44.5 Å². The predicted octanol–water partition coefficient (Wildman–Crippen LogP) is 6.24. The first-order chi connectivity index (χ1) is 20.7. The molecule has 1 aliphatic carbocycles. The Hall–Kier alpha value is -4.61. The molecule has 2 aromatic carbocycles. The Morgan fingerprint density at radius 2 is 1.70 bits per heavy atom. The summed E-state index contributed by atoms with van der Waals surface area (Å²) in [6, 6.07) is 23.2. The standard InChI is InChI=1S/C30H29N5O.C2HF3O2/c36-20-30(12-4-13-30)19-31-16-21-7-9-23(10-8-21)29-25(22-5-2-1-3-6-22)15-26-27(35-29)11-14-32-28(26)24-17-33-34-18-24;3-2(4,5)1(6)7/h1-3,5-11,14-15,17-18,31,36H,4,12-13,16,19-20H2,(H,33,34);(H,6,7). The summed E-state index contributed by atoms with van der Waals surface area (Å²) in [6.07, 6.45) is 3.82. The Balaban J connectivity index is 0.000000472. The van der Waals surface area contributed by atoms with Crippen LogP contribution in [0.15, 0.2) is 85.3 Å². The van der Waals surface area contributed by atoms with Gasteiger partial charge in [-0.05, 0) is 36.1 Å². The van der Waals surface area contributed by atoms with E-state index in [1.165, 1.54) is 12.0 Å². The van der Waals surface area contributed by atoms with Crippen molar-refractivity contribution in [1.82, 2.24) is 25.5 Å². The Morgan fingerprint density at radius 1 is 0.977 bits per heavy atom. The van der Waals surface area contributed by atoms with Gasteiger partial charge in [0, 0.05) is 59.6 Å². The second-order valence-electron chi connectivity index (χ2n) is 10.6. The average molecular weight is 590 g/mol. The molecule has 1 aliphatic rings. The number of hydrogen-bond donors (Lipinski definition) is 4. The van der Waals surface area contributed by atoms with Crippen LogP contribution in [0, 0.1) is 5.41 Å². The average Bonchev–Trinajstić information content (AvgIpc) is 3.53. The van der Waals surface area contributed by atoms with Crippen LogP contribution in [-0.2, 0) is 11.3 Å². The number of carboxylic acid groups (broad SMARTS) is 1. The SMILES string of the molecule is O=C(O)C(F)(F)F.OCC1(CNCc2ccc(-c3nc4ccnc(-c5cn[nH]c5)c4cc3-c3ccccc3)cc2)CCC1. The number of carboxylic acids is 1. The highest BCUT2D eigenvalue weighted by Crippen LogP contribution is 2.40. The van der Waals surface area contributed by atoms with Crippen molar-refractivity contribution in [3.8, 4) is 33.6 Å². The molecule has 0 amide bonds. The van der Waals surface area contributed by atoms with Crippen LogP contribution in [0.4, 0.5) is 13.2 Å². The van der Waals surface area contributed by atoms with E-state index < -0.39 is 12.1 Å². The zero-order valence-electron chi connectivity index (χ0n) is 23.1. The summed E-state index contributed by atoms with van der Waals surface area (Å²) in [5.74, 6) is -2.76. The second kappa shape index (κ2) is 12.7. The number of alkyl halides is 3. The maximum atomic E-state index is 10.6. The molecule has 11 heteroatoms. The van der Waals surface area contributed by atoms with E-state index >= 15 is 0 Å². The molecule has 0 spiro atoms. The zero-order valence-corrected chi connectivity index (χ0v) is 23.1. The number of nitrogens with zero attached hydrogens (tertiary/aromatic N) is 3. The fourth-order valence-corrected chi connectivity index (χ4v) is 5.08. The van der Waals surface area contributed by atoms with Gasteiger partial charge in [0.1, 0.15) is 0 Å². The van der Waals surface area contributed by atoms with Crippen molar-refractivity contribution in [1.29, 1.82) is 0 Å². The van der Waals surface area contributed by atoms with Crippen molar-refractivity contribution in [3.63, 3.8) is 0 Å². The molecule has 0 atom stereocenters. The maximum absolute atomic E-state index is 10.6. The van der Waals surface area contributed by atoms with Crippen molar-refractivity contribution in [2.45, 2.75) is 32.0 Å². The van der Waals surface area contributed by atoms with Gasteiger partial charge in [-0.2, -0.15) is 18.3 Å². The summed E-state index contributed by atoms with van der Waals surface area (Å²) in [7, 11) is 0. The molecule has 0 radical (unpaired) electrons. The Kier molecular flexibility index (Phi) is 8.84. The van der Waals surface area contributed by atoms with E-state index in [1.807, 2.05) is 18.3 Å². The van der Waals surface area contributed by atoms with Crippen LogP contribution in [0.2, 0.25) is 0 Å². The molecular formula is C32H30F3N5O3. The van der Waals surface area contributed by atoms with E-state index in [0.29, 0.717) is 0 Å². The van der Waals surface area contributed by atoms with Gasteiger partial charge in [0.05, 0.1) is 23.1 Å². The smallest absolute Gasteiger partial charge is 0.475 e. The molecule has 0 bridgehead atoms. The molecule has 6 rings (SSSR count). The highest BCUT2D eigenvalue weighted by Gasteiger charge is 2.38. The zero-order chi connectivity index (χ0) is 30.5. The number of fused-ring (bicyclic) bond motifs is 1. The van der Waals surface area contributed by atoms with E-state index in [-0.39, 0.29) is 12.0 Å². The lowest BCUT2D eigenvalue weighted by molar-refractivity contribution is -0.192. The molecule has 1 saturated carbocycles. The normalized spacial score (nSPS) is 14.0. The number of pyridine rings is 2. The van der Waals surface area contributed by atoms with Crippen LogP contribution < -0.4 is 5.32 Å². The first kappa shape index (κ1) is 29.9. The van der Waals surface area contributed by atoms with E-state index in [0.717, 1.165) is 70.5 Å². The van der Waals surface area contributed by atoms with E-state index in [2.05, 4.69) is 75.1 Å². The summed E-state index contributed by atoms with van der Waals surface area (Å²) in [5.41, 5.74) is 8.23. The number of rotatable bonds is 8. The lowest BCUT2D eigenvalue weighted by atomic mass is 9.69. The molecule has 8 nitrogen and oxygen atoms in total. The van der Waals surface area contributed by atoms with Crippen molar-refractivity contribution in [3.05, 3.63) is 90.9 Å².